The highest BCUT2D eigenvalue weighted by Gasteiger charge is 2.25. The molecule has 6 nitrogen and oxygen atoms in total. The molecular weight excluding hydrogens is 340 g/mol. The van der Waals surface area contributed by atoms with Crippen molar-refractivity contribution in [3.8, 4) is 0 Å². The second kappa shape index (κ2) is 12.3. The molecule has 6 heteroatoms. The van der Waals surface area contributed by atoms with E-state index in [1.807, 2.05) is 38.1 Å². The number of aliphatic hydroxyl groups is 1. The summed E-state index contributed by atoms with van der Waals surface area (Å²) in [6.45, 7) is 11.1. The molecule has 0 bridgehead atoms. The van der Waals surface area contributed by atoms with Crippen LogP contribution in [0.15, 0.2) is 29.3 Å². The minimum atomic E-state index is -0.0620. The van der Waals surface area contributed by atoms with E-state index in [4.69, 9.17) is 0 Å². The summed E-state index contributed by atoms with van der Waals surface area (Å²) in [5.41, 5.74) is 1.72. The van der Waals surface area contributed by atoms with Crippen LogP contribution in [0.5, 0.6) is 0 Å². The Morgan fingerprint density at radius 3 is 2.37 bits per heavy atom. The fourth-order valence-corrected chi connectivity index (χ4v) is 3.04. The number of aliphatic imine (C=N–C) groups is 1. The number of nitrogens with zero attached hydrogens (tertiary/aromatic N) is 1. The van der Waals surface area contributed by atoms with Gasteiger partial charge in [-0.25, -0.2) is 4.99 Å². The minimum absolute atomic E-state index is 0.0620. The number of rotatable bonds is 11. The second-order valence-electron chi connectivity index (χ2n) is 6.79. The summed E-state index contributed by atoms with van der Waals surface area (Å²) < 4.78 is 0. The molecule has 0 saturated heterocycles. The van der Waals surface area contributed by atoms with Crippen LogP contribution in [-0.2, 0) is 6.54 Å². The Labute approximate surface area is 163 Å². The molecule has 27 heavy (non-hydrogen) atoms. The van der Waals surface area contributed by atoms with E-state index in [1.54, 1.807) is 0 Å². The zero-order valence-corrected chi connectivity index (χ0v) is 17.3. The van der Waals surface area contributed by atoms with Gasteiger partial charge in [-0.1, -0.05) is 26.0 Å². The molecule has 4 N–H and O–H groups in total. The molecule has 0 saturated carbocycles. The van der Waals surface area contributed by atoms with Crippen LogP contribution < -0.4 is 16.0 Å². The number of nitrogens with one attached hydrogen (secondary N) is 3. The first-order chi connectivity index (χ1) is 13.0. The van der Waals surface area contributed by atoms with Crippen molar-refractivity contribution in [1.29, 1.82) is 0 Å². The number of aliphatic hydroxyl groups excluding tert-OH is 1. The summed E-state index contributed by atoms with van der Waals surface area (Å²) in [7, 11) is 0. The number of hydrogen-bond donors (Lipinski definition) is 4. The normalized spacial score (nSPS) is 12.0. The van der Waals surface area contributed by atoms with Gasteiger partial charge in [0.05, 0.1) is 6.54 Å². The number of benzene rings is 1. The van der Waals surface area contributed by atoms with Crippen LogP contribution in [0.1, 0.15) is 62.9 Å². The van der Waals surface area contributed by atoms with Crippen molar-refractivity contribution in [2.45, 2.75) is 53.5 Å². The molecule has 0 aromatic heterocycles. The van der Waals surface area contributed by atoms with Gasteiger partial charge >= 0.3 is 0 Å². The Bertz CT molecular complexity index is 598. The fraction of sp³-hybridized carbons (Fsp3) is 0.619. The Hall–Kier alpha value is -2.08. The average molecular weight is 377 g/mol. The Morgan fingerprint density at radius 2 is 1.78 bits per heavy atom. The molecule has 0 atom stereocenters. The van der Waals surface area contributed by atoms with Crippen LogP contribution in [-0.4, -0.2) is 43.2 Å². The zero-order valence-electron chi connectivity index (χ0n) is 17.3. The van der Waals surface area contributed by atoms with Crippen molar-refractivity contribution < 1.29 is 9.90 Å². The maximum atomic E-state index is 12.0. The molecular formula is C21H36N4O2. The van der Waals surface area contributed by atoms with Gasteiger partial charge in [-0.15, -0.1) is 0 Å². The van der Waals surface area contributed by atoms with E-state index in [0.29, 0.717) is 18.7 Å². The topological polar surface area (TPSA) is 85.8 Å². The number of hydrogen-bond acceptors (Lipinski definition) is 3. The quantitative estimate of drug-likeness (QED) is 0.353. The summed E-state index contributed by atoms with van der Waals surface area (Å²) >= 11 is 0. The van der Waals surface area contributed by atoms with Crippen molar-refractivity contribution >= 4 is 11.9 Å². The third-order valence-corrected chi connectivity index (χ3v) is 5.06. The van der Waals surface area contributed by atoms with Crippen LogP contribution >= 0.6 is 0 Å². The third-order valence-electron chi connectivity index (χ3n) is 5.06. The lowest BCUT2D eigenvalue weighted by Crippen LogP contribution is -2.43. The average Bonchev–Trinajstić information content (AvgIpc) is 2.69. The number of amides is 1. The molecule has 1 amide bonds. The van der Waals surface area contributed by atoms with E-state index in [1.165, 1.54) is 0 Å². The number of carbonyl (C=O) groups is 1. The summed E-state index contributed by atoms with van der Waals surface area (Å²) in [4.78, 5) is 16.6. The van der Waals surface area contributed by atoms with Crippen molar-refractivity contribution in [2.75, 3.05) is 26.2 Å². The molecule has 0 spiro atoms. The van der Waals surface area contributed by atoms with Crippen molar-refractivity contribution in [2.24, 2.45) is 10.4 Å². The van der Waals surface area contributed by atoms with Crippen LogP contribution in [0.4, 0.5) is 0 Å². The van der Waals surface area contributed by atoms with E-state index in [0.717, 1.165) is 43.9 Å². The van der Waals surface area contributed by atoms with Crippen molar-refractivity contribution in [1.82, 2.24) is 16.0 Å². The summed E-state index contributed by atoms with van der Waals surface area (Å²) in [6, 6.07) is 7.56. The SMILES string of the molecule is CCNC(=O)c1cccc(CN=C(NCC)NCC(CC)(CC)CCO)c1. The predicted octanol–water partition coefficient (Wildman–Crippen LogP) is 2.68. The van der Waals surface area contributed by atoms with E-state index >= 15 is 0 Å². The highest BCUT2D eigenvalue weighted by Crippen LogP contribution is 2.29. The fourth-order valence-electron chi connectivity index (χ4n) is 3.04. The molecule has 1 aromatic carbocycles. The van der Waals surface area contributed by atoms with Gasteiger partial charge in [0.1, 0.15) is 0 Å². The van der Waals surface area contributed by atoms with Crippen molar-refractivity contribution in [3.63, 3.8) is 0 Å². The smallest absolute Gasteiger partial charge is 0.251 e. The predicted molar refractivity (Wildman–Crippen MR) is 112 cm³/mol. The lowest BCUT2D eigenvalue weighted by atomic mass is 9.79. The molecule has 0 aliphatic carbocycles. The largest absolute Gasteiger partial charge is 0.396 e. The molecule has 1 rings (SSSR count). The van der Waals surface area contributed by atoms with E-state index in [2.05, 4.69) is 34.8 Å². The minimum Gasteiger partial charge on any atom is -0.396 e. The summed E-state index contributed by atoms with van der Waals surface area (Å²) in [5.74, 6) is 0.693. The molecule has 0 heterocycles. The summed E-state index contributed by atoms with van der Waals surface area (Å²) in [6.07, 6.45) is 2.79. The van der Waals surface area contributed by atoms with Gasteiger partial charge in [-0.3, -0.25) is 4.79 Å². The lowest BCUT2D eigenvalue weighted by molar-refractivity contribution is 0.0955. The third kappa shape index (κ3) is 7.59. The van der Waals surface area contributed by atoms with Crippen molar-refractivity contribution in [3.05, 3.63) is 35.4 Å². The van der Waals surface area contributed by atoms with Crippen LogP contribution in [0.25, 0.3) is 0 Å². The van der Waals surface area contributed by atoms with E-state index < -0.39 is 0 Å². The standard InChI is InChI=1S/C21H36N4O2/c1-5-21(6-2,12-13-26)16-25-20(23-8-4)24-15-17-10-9-11-18(14-17)19(27)22-7-3/h9-11,14,26H,5-8,12-13,15-16H2,1-4H3,(H,22,27)(H2,23,24,25). The van der Waals surface area contributed by atoms with Gasteiger partial charge in [0.2, 0.25) is 0 Å². The highest BCUT2D eigenvalue weighted by molar-refractivity contribution is 5.94. The molecule has 0 aliphatic rings. The Morgan fingerprint density at radius 1 is 1.07 bits per heavy atom. The number of guanidine groups is 1. The molecule has 0 unspecified atom stereocenters. The van der Waals surface area contributed by atoms with Gasteiger partial charge in [0.15, 0.2) is 5.96 Å². The molecule has 0 fully saturated rings. The molecule has 0 aliphatic heterocycles. The Balaban J connectivity index is 2.81. The molecule has 1 aromatic rings. The van der Waals surface area contributed by atoms with Gasteiger partial charge in [0, 0.05) is 31.8 Å². The maximum Gasteiger partial charge on any atom is 0.251 e. The molecule has 0 radical (unpaired) electrons. The van der Waals surface area contributed by atoms with Crippen LogP contribution in [0.2, 0.25) is 0 Å². The first-order valence-electron chi connectivity index (χ1n) is 10.0. The highest BCUT2D eigenvalue weighted by atomic mass is 16.3. The number of carbonyl (C=O) groups excluding carboxylic acids is 1. The first kappa shape index (κ1) is 23.0. The maximum absolute atomic E-state index is 12.0. The van der Waals surface area contributed by atoms with E-state index in [-0.39, 0.29) is 17.9 Å². The zero-order chi connectivity index (χ0) is 20.1. The van der Waals surface area contributed by atoms with Gasteiger partial charge in [-0.05, 0) is 56.2 Å². The Kier molecular flexibility index (Phi) is 10.5. The molecule has 152 valence electrons. The second-order valence-corrected chi connectivity index (χ2v) is 6.79. The van der Waals surface area contributed by atoms with Crippen LogP contribution in [0.3, 0.4) is 0 Å². The van der Waals surface area contributed by atoms with Gasteiger partial charge in [0.25, 0.3) is 5.91 Å². The van der Waals surface area contributed by atoms with Gasteiger partial charge < -0.3 is 21.1 Å². The first-order valence-corrected chi connectivity index (χ1v) is 10.0. The summed E-state index contributed by atoms with van der Waals surface area (Å²) in [5, 5.41) is 18.9. The van der Waals surface area contributed by atoms with E-state index in [9.17, 15) is 9.90 Å². The van der Waals surface area contributed by atoms with Crippen LogP contribution in [0, 0.1) is 5.41 Å². The lowest BCUT2D eigenvalue weighted by Gasteiger charge is -2.32. The van der Waals surface area contributed by atoms with Gasteiger partial charge in [-0.2, -0.15) is 0 Å². The monoisotopic (exact) mass is 376 g/mol.